The summed E-state index contributed by atoms with van der Waals surface area (Å²) in [6.45, 7) is 0. The van der Waals surface area contributed by atoms with Crippen LogP contribution in [0.5, 0.6) is 17.2 Å². The minimum Gasteiger partial charge on any atom is -0.493 e. The lowest BCUT2D eigenvalue weighted by Crippen LogP contribution is -2.40. The summed E-state index contributed by atoms with van der Waals surface area (Å²) in [5, 5.41) is 1.91. The van der Waals surface area contributed by atoms with Gasteiger partial charge in [0.2, 0.25) is 5.75 Å². The number of hydrogen-bond donors (Lipinski definition) is 2. The first-order valence-corrected chi connectivity index (χ1v) is 8.09. The second kappa shape index (κ2) is 8.74. The Hall–Kier alpha value is -3.00. The molecule has 0 aliphatic rings. The zero-order chi connectivity index (χ0) is 18.2. The Bertz CT molecular complexity index is 746. The molecule has 25 heavy (non-hydrogen) atoms. The molecule has 8 heteroatoms. The van der Waals surface area contributed by atoms with Gasteiger partial charge >= 0.3 is 0 Å². The molecule has 7 nitrogen and oxygen atoms in total. The number of hydrogen-bond acceptors (Lipinski definition) is 6. The Morgan fingerprint density at radius 3 is 2.24 bits per heavy atom. The number of carbonyl (C=O) groups is 2. The van der Waals surface area contributed by atoms with E-state index < -0.39 is 11.8 Å². The molecular weight excluding hydrogens is 344 g/mol. The summed E-state index contributed by atoms with van der Waals surface area (Å²) < 4.78 is 15.6. The molecule has 1 aromatic heterocycles. The van der Waals surface area contributed by atoms with Gasteiger partial charge in [-0.25, -0.2) is 0 Å². The molecule has 0 bridgehead atoms. The highest BCUT2D eigenvalue weighted by Gasteiger charge is 2.17. The van der Waals surface area contributed by atoms with E-state index in [1.165, 1.54) is 50.9 Å². The van der Waals surface area contributed by atoms with Crippen LogP contribution < -0.4 is 25.1 Å². The van der Waals surface area contributed by atoms with Crippen molar-refractivity contribution in [3.8, 4) is 17.2 Å². The smallest absolute Gasteiger partial charge is 0.269 e. The molecule has 2 aromatic rings. The lowest BCUT2D eigenvalue weighted by atomic mass is 10.1. The van der Waals surface area contributed by atoms with Gasteiger partial charge in [0, 0.05) is 16.5 Å². The van der Waals surface area contributed by atoms with E-state index in [-0.39, 0.29) is 5.56 Å². The SMILES string of the molecule is COc1cc(C(=O)NNC(=O)C=Cc2cccs2)cc(OC)c1OC. The molecule has 0 saturated heterocycles. The lowest BCUT2D eigenvalue weighted by Gasteiger charge is -2.14. The molecule has 2 rings (SSSR count). The molecule has 0 fully saturated rings. The Kier molecular flexibility index (Phi) is 6.41. The number of methoxy groups -OCH3 is 3. The van der Waals surface area contributed by atoms with Gasteiger partial charge in [-0.3, -0.25) is 20.4 Å². The number of hydrazine groups is 1. The first-order valence-electron chi connectivity index (χ1n) is 7.21. The molecule has 0 aliphatic carbocycles. The molecule has 2 amide bonds. The number of nitrogens with one attached hydrogen (secondary N) is 2. The summed E-state index contributed by atoms with van der Waals surface area (Å²) in [5.74, 6) is 0.0996. The van der Waals surface area contributed by atoms with E-state index >= 15 is 0 Å². The van der Waals surface area contributed by atoms with Crippen molar-refractivity contribution >= 4 is 29.2 Å². The zero-order valence-corrected chi connectivity index (χ0v) is 14.8. The van der Waals surface area contributed by atoms with Crippen LogP contribution in [0.15, 0.2) is 35.7 Å². The fourth-order valence-electron chi connectivity index (χ4n) is 1.99. The van der Waals surface area contributed by atoms with Gasteiger partial charge in [0.05, 0.1) is 21.3 Å². The van der Waals surface area contributed by atoms with E-state index in [2.05, 4.69) is 10.9 Å². The molecule has 0 spiro atoms. The number of carbonyl (C=O) groups excluding carboxylic acids is 2. The third-order valence-corrected chi connectivity index (χ3v) is 4.01. The second-order valence-corrected chi connectivity index (χ2v) is 5.69. The van der Waals surface area contributed by atoms with E-state index in [9.17, 15) is 9.59 Å². The third kappa shape index (κ3) is 4.74. The maximum atomic E-state index is 12.2. The average molecular weight is 362 g/mol. The number of amides is 2. The molecule has 0 saturated carbocycles. The summed E-state index contributed by atoms with van der Waals surface area (Å²) in [5.41, 5.74) is 4.89. The van der Waals surface area contributed by atoms with Crippen LogP contribution in [0.1, 0.15) is 15.2 Å². The fourth-order valence-corrected chi connectivity index (χ4v) is 2.61. The maximum absolute atomic E-state index is 12.2. The number of ether oxygens (including phenoxy) is 3. The minimum absolute atomic E-state index is 0.247. The van der Waals surface area contributed by atoms with Crippen molar-refractivity contribution in [3.63, 3.8) is 0 Å². The molecule has 1 aromatic carbocycles. The van der Waals surface area contributed by atoms with E-state index in [0.29, 0.717) is 17.2 Å². The van der Waals surface area contributed by atoms with Gasteiger partial charge in [-0.1, -0.05) is 6.07 Å². The van der Waals surface area contributed by atoms with Gasteiger partial charge in [0.1, 0.15) is 0 Å². The van der Waals surface area contributed by atoms with Crippen LogP contribution >= 0.6 is 11.3 Å². The number of rotatable bonds is 6. The van der Waals surface area contributed by atoms with Crippen LogP contribution in [-0.2, 0) is 4.79 Å². The quantitative estimate of drug-likeness (QED) is 0.608. The van der Waals surface area contributed by atoms with Crippen molar-refractivity contribution in [3.05, 3.63) is 46.2 Å². The van der Waals surface area contributed by atoms with Crippen molar-refractivity contribution < 1.29 is 23.8 Å². The Balaban J connectivity index is 2.04. The van der Waals surface area contributed by atoms with Crippen LogP contribution in [0.2, 0.25) is 0 Å². The average Bonchev–Trinajstić information content (AvgIpc) is 3.16. The van der Waals surface area contributed by atoms with Crippen LogP contribution in [-0.4, -0.2) is 33.1 Å². The van der Waals surface area contributed by atoms with Crippen LogP contribution in [0, 0.1) is 0 Å². The predicted octanol–water partition coefficient (Wildman–Crippen LogP) is 2.25. The largest absolute Gasteiger partial charge is 0.493 e. The van der Waals surface area contributed by atoms with E-state index in [1.807, 2.05) is 17.5 Å². The Morgan fingerprint density at radius 2 is 1.72 bits per heavy atom. The number of thiophene rings is 1. The topological polar surface area (TPSA) is 85.9 Å². The molecule has 1 heterocycles. The summed E-state index contributed by atoms with van der Waals surface area (Å²) in [6.07, 6.45) is 2.99. The Morgan fingerprint density at radius 1 is 1.04 bits per heavy atom. The minimum atomic E-state index is -0.517. The van der Waals surface area contributed by atoms with Gasteiger partial charge in [-0.2, -0.15) is 0 Å². The monoisotopic (exact) mass is 362 g/mol. The van der Waals surface area contributed by atoms with E-state index in [1.54, 1.807) is 6.08 Å². The van der Waals surface area contributed by atoms with Gasteiger partial charge in [0.15, 0.2) is 11.5 Å². The van der Waals surface area contributed by atoms with E-state index in [4.69, 9.17) is 14.2 Å². The van der Waals surface area contributed by atoms with Crippen LogP contribution in [0.3, 0.4) is 0 Å². The normalized spacial score (nSPS) is 10.4. The molecule has 0 aliphatic heterocycles. The molecule has 0 atom stereocenters. The van der Waals surface area contributed by atoms with E-state index in [0.717, 1.165) is 4.88 Å². The first-order chi connectivity index (χ1) is 12.1. The molecule has 0 unspecified atom stereocenters. The highest BCUT2D eigenvalue weighted by molar-refractivity contribution is 7.10. The Labute approximate surface area is 149 Å². The van der Waals surface area contributed by atoms with Crippen LogP contribution in [0.25, 0.3) is 6.08 Å². The fraction of sp³-hybridized carbons (Fsp3) is 0.176. The molecule has 0 radical (unpaired) electrons. The second-order valence-electron chi connectivity index (χ2n) is 4.71. The lowest BCUT2D eigenvalue weighted by molar-refractivity contribution is -0.117. The molecular formula is C17H18N2O5S. The highest BCUT2D eigenvalue weighted by Crippen LogP contribution is 2.38. The standard InChI is InChI=1S/C17H18N2O5S/c1-22-13-9-11(10-14(23-2)16(13)24-3)17(21)19-18-15(20)7-6-12-5-4-8-25-12/h4-10H,1-3H3,(H,18,20)(H,19,21). The zero-order valence-electron chi connectivity index (χ0n) is 14.0. The predicted molar refractivity (Wildman–Crippen MR) is 95.1 cm³/mol. The maximum Gasteiger partial charge on any atom is 0.269 e. The summed E-state index contributed by atoms with van der Waals surface area (Å²) in [7, 11) is 4.38. The first kappa shape index (κ1) is 18.3. The summed E-state index contributed by atoms with van der Waals surface area (Å²) in [4.78, 5) is 24.9. The van der Waals surface area contributed by atoms with Gasteiger partial charge in [-0.05, 0) is 29.7 Å². The van der Waals surface area contributed by atoms with Crippen molar-refractivity contribution in [1.29, 1.82) is 0 Å². The van der Waals surface area contributed by atoms with Crippen LogP contribution in [0.4, 0.5) is 0 Å². The highest BCUT2D eigenvalue weighted by atomic mass is 32.1. The van der Waals surface area contributed by atoms with Crippen molar-refractivity contribution in [2.24, 2.45) is 0 Å². The van der Waals surface area contributed by atoms with Crippen molar-refractivity contribution in [1.82, 2.24) is 10.9 Å². The summed E-state index contributed by atoms with van der Waals surface area (Å²) in [6, 6.07) is 6.74. The van der Waals surface area contributed by atoms with Gasteiger partial charge < -0.3 is 14.2 Å². The van der Waals surface area contributed by atoms with Gasteiger partial charge in [0.25, 0.3) is 11.8 Å². The third-order valence-electron chi connectivity index (χ3n) is 3.17. The van der Waals surface area contributed by atoms with Gasteiger partial charge in [-0.15, -0.1) is 11.3 Å². The van der Waals surface area contributed by atoms with Crippen molar-refractivity contribution in [2.75, 3.05) is 21.3 Å². The summed E-state index contributed by atoms with van der Waals surface area (Å²) >= 11 is 1.50. The molecule has 2 N–H and O–H groups in total. The molecule has 132 valence electrons. The van der Waals surface area contributed by atoms with Crippen molar-refractivity contribution in [2.45, 2.75) is 0 Å². The number of benzene rings is 1.